The van der Waals surface area contributed by atoms with E-state index >= 15 is 0 Å². The highest BCUT2D eigenvalue weighted by Gasteiger charge is 2.13. The molecular formula is C22H22N6O4. The van der Waals surface area contributed by atoms with Crippen LogP contribution in [-0.4, -0.2) is 39.3 Å². The molecule has 164 valence electrons. The summed E-state index contributed by atoms with van der Waals surface area (Å²) in [6.45, 7) is 0.0433. The van der Waals surface area contributed by atoms with Crippen LogP contribution in [0.1, 0.15) is 5.56 Å². The molecule has 2 heterocycles. The lowest BCUT2D eigenvalue weighted by Gasteiger charge is -2.10. The number of ether oxygens (including phenoxy) is 2. The zero-order chi connectivity index (χ0) is 22.5. The summed E-state index contributed by atoms with van der Waals surface area (Å²) in [5, 5.41) is 10.1. The highest BCUT2D eigenvalue weighted by molar-refractivity contribution is 5.75. The number of benzene rings is 2. The van der Waals surface area contributed by atoms with Gasteiger partial charge in [0.25, 0.3) is 5.78 Å². The molecule has 4 rings (SSSR count). The first kappa shape index (κ1) is 20.9. The molecule has 2 N–H and O–H groups in total. The number of aromatic nitrogens is 4. The Bertz CT molecular complexity index is 1300. The zero-order valence-electron chi connectivity index (χ0n) is 17.6. The third-order valence-corrected chi connectivity index (χ3v) is 4.73. The molecule has 32 heavy (non-hydrogen) atoms. The molecule has 0 spiro atoms. The number of fused-ring (bicyclic) bond motifs is 1. The van der Waals surface area contributed by atoms with Crippen molar-refractivity contribution < 1.29 is 14.3 Å². The van der Waals surface area contributed by atoms with Crippen molar-refractivity contribution in [2.45, 2.75) is 13.1 Å². The van der Waals surface area contributed by atoms with E-state index in [1.165, 1.54) is 4.40 Å². The molecule has 0 saturated carbocycles. The maximum atomic E-state index is 12.6. The topological polar surface area (TPSA) is 112 Å². The lowest BCUT2D eigenvalue weighted by molar-refractivity contribution is -0.122. The Morgan fingerprint density at radius 3 is 2.56 bits per heavy atom. The molecule has 2 aromatic carbocycles. The Morgan fingerprint density at radius 2 is 1.81 bits per heavy atom. The van der Waals surface area contributed by atoms with Crippen LogP contribution in [0.15, 0.2) is 65.6 Å². The van der Waals surface area contributed by atoms with Crippen molar-refractivity contribution in [1.82, 2.24) is 24.5 Å². The number of methoxy groups -OCH3 is 2. The van der Waals surface area contributed by atoms with E-state index in [0.29, 0.717) is 17.3 Å². The molecule has 1 amide bonds. The molecule has 0 aliphatic heterocycles. The third-order valence-electron chi connectivity index (χ3n) is 4.73. The van der Waals surface area contributed by atoms with Crippen LogP contribution < -0.4 is 25.8 Å². The first-order valence-corrected chi connectivity index (χ1v) is 9.83. The predicted molar refractivity (Wildman–Crippen MR) is 118 cm³/mol. The van der Waals surface area contributed by atoms with Crippen molar-refractivity contribution in [1.29, 1.82) is 0 Å². The number of nitrogens with zero attached hydrogens (tertiary/aromatic N) is 4. The number of carbonyl (C=O) groups excluding carboxylic acids is 1. The van der Waals surface area contributed by atoms with Gasteiger partial charge in [0.05, 0.1) is 14.2 Å². The van der Waals surface area contributed by atoms with Crippen molar-refractivity contribution in [3.63, 3.8) is 0 Å². The van der Waals surface area contributed by atoms with Gasteiger partial charge in [0, 0.05) is 18.4 Å². The average Bonchev–Trinajstić information content (AvgIpc) is 3.12. The fraction of sp³-hybridized carbons (Fsp3) is 0.182. The minimum atomic E-state index is -0.444. The van der Waals surface area contributed by atoms with Crippen LogP contribution >= 0.6 is 0 Å². The second-order valence-corrected chi connectivity index (χ2v) is 6.88. The number of carbonyl (C=O) groups is 1. The summed E-state index contributed by atoms with van der Waals surface area (Å²) in [6, 6.07) is 16.6. The molecule has 0 aliphatic carbocycles. The van der Waals surface area contributed by atoms with Gasteiger partial charge in [0.15, 0.2) is 11.5 Å². The number of nitrogens with one attached hydrogen (secondary N) is 2. The molecule has 0 fully saturated rings. The Morgan fingerprint density at radius 1 is 1.03 bits per heavy atom. The monoisotopic (exact) mass is 434 g/mol. The van der Waals surface area contributed by atoms with Crippen LogP contribution in [0, 0.1) is 0 Å². The van der Waals surface area contributed by atoms with E-state index in [9.17, 15) is 9.59 Å². The van der Waals surface area contributed by atoms with Crippen molar-refractivity contribution >= 4 is 23.2 Å². The molecule has 2 aromatic heterocycles. The fourth-order valence-electron chi connectivity index (χ4n) is 3.13. The summed E-state index contributed by atoms with van der Waals surface area (Å²) in [5.74, 6) is 1.56. The van der Waals surface area contributed by atoms with E-state index in [0.717, 1.165) is 15.9 Å². The Hall–Kier alpha value is -4.34. The number of anilines is 2. The molecule has 0 saturated heterocycles. The maximum absolute atomic E-state index is 12.6. The van der Waals surface area contributed by atoms with Crippen molar-refractivity contribution in [3.8, 4) is 11.5 Å². The van der Waals surface area contributed by atoms with Gasteiger partial charge in [-0.3, -0.25) is 4.79 Å². The minimum absolute atomic E-state index is 0.198. The maximum Gasteiger partial charge on any atom is 0.352 e. The lowest BCUT2D eigenvalue weighted by atomic mass is 10.2. The normalized spacial score (nSPS) is 10.7. The zero-order valence-corrected chi connectivity index (χ0v) is 17.6. The average molecular weight is 434 g/mol. The van der Waals surface area contributed by atoms with Crippen molar-refractivity contribution in [2.24, 2.45) is 0 Å². The summed E-state index contributed by atoms with van der Waals surface area (Å²) >= 11 is 0. The molecule has 4 aromatic rings. The van der Waals surface area contributed by atoms with Crippen molar-refractivity contribution in [3.05, 3.63) is 76.8 Å². The van der Waals surface area contributed by atoms with Gasteiger partial charge in [-0.05, 0) is 35.9 Å². The van der Waals surface area contributed by atoms with Crippen LogP contribution in [-0.2, 0) is 17.9 Å². The second-order valence-electron chi connectivity index (χ2n) is 6.88. The highest BCUT2D eigenvalue weighted by Crippen LogP contribution is 2.27. The van der Waals surface area contributed by atoms with Gasteiger partial charge in [-0.25, -0.2) is 13.9 Å². The number of para-hydroxylation sites is 1. The quantitative estimate of drug-likeness (QED) is 0.436. The van der Waals surface area contributed by atoms with E-state index in [4.69, 9.17) is 9.47 Å². The number of rotatable bonds is 8. The summed E-state index contributed by atoms with van der Waals surface area (Å²) in [7, 11) is 3.10. The van der Waals surface area contributed by atoms with Crippen LogP contribution in [0.5, 0.6) is 11.5 Å². The van der Waals surface area contributed by atoms with Gasteiger partial charge >= 0.3 is 5.69 Å². The van der Waals surface area contributed by atoms with Gasteiger partial charge in [-0.15, -0.1) is 5.10 Å². The van der Waals surface area contributed by atoms with Crippen LogP contribution in [0.4, 0.5) is 11.5 Å². The highest BCUT2D eigenvalue weighted by atomic mass is 16.5. The van der Waals surface area contributed by atoms with E-state index < -0.39 is 5.69 Å². The molecule has 0 unspecified atom stereocenters. The standard InChI is InChI=1S/C22H22N6O4/c1-31-17-9-8-15(12-18(17)32-2)13-23-20(29)14-28-22(30)27-11-10-19(25-21(27)26-28)24-16-6-4-3-5-7-16/h3-12H,13-14H2,1-2H3,(H,23,29)(H,24,25,26). The number of amides is 1. The lowest BCUT2D eigenvalue weighted by Crippen LogP contribution is -2.32. The van der Waals surface area contributed by atoms with Crippen LogP contribution in [0.3, 0.4) is 0 Å². The summed E-state index contributed by atoms with van der Waals surface area (Å²) in [6.07, 6.45) is 1.57. The van der Waals surface area contributed by atoms with E-state index in [-0.39, 0.29) is 24.8 Å². The molecular weight excluding hydrogens is 412 g/mol. The fourth-order valence-corrected chi connectivity index (χ4v) is 3.13. The molecule has 10 nitrogen and oxygen atoms in total. The first-order chi connectivity index (χ1) is 15.6. The summed E-state index contributed by atoms with van der Waals surface area (Å²) < 4.78 is 12.8. The molecule has 0 atom stereocenters. The predicted octanol–water partition coefficient (Wildman–Crippen LogP) is 1.97. The first-order valence-electron chi connectivity index (χ1n) is 9.83. The third kappa shape index (κ3) is 4.53. The van der Waals surface area contributed by atoms with Gasteiger partial charge in [0.2, 0.25) is 5.91 Å². The van der Waals surface area contributed by atoms with E-state index in [2.05, 4.69) is 20.7 Å². The minimum Gasteiger partial charge on any atom is -0.493 e. The van der Waals surface area contributed by atoms with E-state index in [1.807, 2.05) is 36.4 Å². The van der Waals surface area contributed by atoms with Gasteiger partial charge in [-0.2, -0.15) is 4.98 Å². The number of hydrogen-bond donors (Lipinski definition) is 2. The largest absolute Gasteiger partial charge is 0.493 e. The molecule has 10 heteroatoms. The Kier molecular flexibility index (Phi) is 6.02. The van der Waals surface area contributed by atoms with E-state index in [1.54, 1.807) is 38.6 Å². The second kappa shape index (κ2) is 9.21. The molecule has 0 bridgehead atoms. The van der Waals surface area contributed by atoms with Gasteiger partial charge in [-0.1, -0.05) is 24.3 Å². The van der Waals surface area contributed by atoms with Gasteiger partial charge < -0.3 is 20.1 Å². The molecule has 0 aliphatic rings. The Balaban J connectivity index is 1.43. The van der Waals surface area contributed by atoms with Crippen LogP contribution in [0.25, 0.3) is 5.78 Å². The van der Waals surface area contributed by atoms with Crippen LogP contribution in [0.2, 0.25) is 0 Å². The number of hydrogen-bond acceptors (Lipinski definition) is 7. The summed E-state index contributed by atoms with van der Waals surface area (Å²) in [4.78, 5) is 29.3. The Labute approximate surface area is 183 Å². The summed E-state index contributed by atoms with van der Waals surface area (Å²) in [5.41, 5.74) is 1.25. The smallest absolute Gasteiger partial charge is 0.352 e. The van der Waals surface area contributed by atoms with Gasteiger partial charge in [0.1, 0.15) is 12.4 Å². The van der Waals surface area contributed by atoms with Crippen molar-refractivity contribution in [2.75, 3.05) is 19.5 Å². The molecule has 0 radical (unpaired) electrons. The SMILES string of the molecule is COc1ccc(CNC(=O)Cn2nc3nc(Nc4ccccc4)ccn3c2=O)cc1OC.